The Bertz CT molecular complexity index is 186. The summed E-state index contributed by atoms with van der Waals surface area (Å²) in [5, 5.41) is 0. The van der Waals surface area contributed by atoms with Crippen LogP contribution in [0.2, 0.25) is 0 Å². The molecule has 2 aromatic carbocycles. The second kappa shape index (κ2) is 11.9. The van der Waals surface area contributed by atoms with E-state index in [9.17, 15) is 0 Å². The van der Waals surface area contributed by atoms with Crippen LogP contribution in [0, 0.1) is 0 Å². The summed E-state index contributed by atoms with van der Waals surface area (Å²) in [7, 11) is 0.778. The van der Waals surface area contributed by atoms with Crippen molar-refractivity contribution in [2.24, 2.45) is 0 Å². The van der Waals surface area contributed by atoms with Crippen LogP contribution in [0.3, 0.4) is 0 Å². The molecule has 0 saturated carbocycles. The van der Waals surface area contributed by atoms with Gasteiger partial charge in [0.2, 0.25) is 0 Å². The first-order valence-electron chi connectivity index (χ1n) is 4.38. The molecule has 0 nitrogen and oxygen atoms in total. The van der Waals surface area contributed by atoms with Gasteiger partial charge in [-0.05, 0) is 0 Å². The van der Waals surface area contributed by atoms with Crippen molar-refractivity contribution in [2.45, 2.75) is 0 Å². The highest BCUT2D eigenvalue weighted by Gasteiger charge is 1.58. The molecule has 74 valence electrons. The Hall–Kier alpha value is -1.05. The highest BCUT2D eigenvalue weighted by atomic mass is 35.6. The van der Waals surface area contributed by atoms with Crippen LogP contribution in [-0.2, 0) is 0 Å². The Morgan fingerprint density at radius 2 is 0.429 bits per heavy atom. The first kappa shape index (κ1) is 12.9. The van der Waals surface area contributed by atoms with Crippen molar-refractivity contribution in [1.82, 2.24) is 0 Å². The van der Waals surface area contributed by atoms with E-state index in [1.807, 2.05) is 72.8 Å². The Morgan fingerprint density at radius 1 is 0.357 bits per heavy atom. The van der Waals surface area contributed by atoms with E-state index in [0.717, 1.165) is 9.55 Å². The molecular formula is C12H15ClSi. The van der Waals surface area contributed by atoms with Crippen LogP contribution in [-0.4, -0.2) is 9.55 Å². The van der Waals surface area contributed by atoms with Gasteiger partial charge in [0.25, 0.3) is 0 Å². The van der Waals surface area contributed by atoms with E-state index in [1.165, 1.54) is 0 Å². The minimum absolute atomic E-state index is 0.778. The third-order valence-electron chi connectivity index (χ3n) is 1.33. The summed E-state index contributed by atoms with van der Waals surface area (Å²) >= 11 is 4.78. The maximum atomic E-state index is 4.78. The summed E-state index contributed by atoms with van der Waals surface area (Å²) in [5.74, 6) is 0. The molecule has 2 rings (SSSR count). The normalized spacial score (nSPS) is 7.50. The van der Waals surface area contributed by atoms with Crippen molar-refractivity contribution in [3.63, 3.8) is 0 Å². The standard InChI is InChI=1S/2C6H6.ClH3Si/c2*1-2-4-6-5-3-1;1-2/h2*1-6H;2H3. The monoisotopic (exact) mass is 222 g/mol. The number of hydrogen-bond acceptors (Lipinski definition) is 0. The van der Waals surface area contributed by atoms with Gasteiger partial charge < -0.3 is 0 Å². The van der Waals surface area contributed by atoms with Crippen molar-refractivity contribution in [3.05, 3.63) is 72.8 Å². The first-order valence-corrected chi connectivity index (χ1v) is 7.40. The molecule has 0 atom stereocenters. The smallest absolute Gasteiger partial charge is 0.109 e. The van der Waals surface area contributed by atoms with Gasteiger partial charge in [-0.3, -0.25) is 0 Å². The lowest BCUT2D eigenvalue weighted by Crippen LogP contribution is -1.47. The molecular weight excluding hydrogens is 208 g/mol. The predicted octanol–water partition coefficient (Wildman–Crippen LogP) is 2.88. The molecule has 0 aliphatic heterocycles. The van der Waals surface area contributed by atoms with Crippen molar-refractivity contribution < 1.29 is 0 Å². The average Bonchev–Trinajstić information content (AvgIpc) is 2.37. The van der Waals surface area contributed by atoms with E-state index in [-0.39, 0.29) is 0 Å². The van der Waals surface area contributed by atoms with Crippen LogP contribution < -0.4 is 0 Å². The fourth-order valence-electron chi connectivity index (χ4n) is 0.770. The Labute approximate surface area is 93.7 Å². The maximum Gasteiger partial charge on any atom is 0.109 e. The molecule has 0 aromatic heterocycles. The van der Waals surface area contributed by atoms with Gasteiger partial charge in [-0.2, -0.15) is 11.1 Å². The fraction of sp³-hybridized carbons (Fsp3) is 0. The van der Waals surface area contributed by atoms with Gasteiger partial charge in [0.05, 0.1) is 0 Å². The third kappa shape index (κ3) is 9.04. The molecule has 2 aromatic rings. The highest BCUT2D eigenvalue weighted by molar-refractivity contribution is 6.80. The lowest BCUT2D eigenvalue weighted by Gasteiger charge is -1.69. The topological polar surface area (TPSA) is 0 Å². The van der Waals surface area contributed by atoms with Gasteiger partial charge in [-0.15, -0.1) is 0 Å². The Kier molecular flexibility index (Phi) is 11.0. The largest absolute Gasteiger partial charge is 0.181 e. The van der Waals surface area contributed by atoms with Crippen molar-refractivity contribution >= 4 is 20.6 Å². The van der Waals surface area contributed by atoms with Crippen molar-refractivity contribution in [2.75, 3.05) is 0 Å². The van der Waals surface area contributed by atoms with E-state index >= 15 is 0 Å². The zero-order chi connectivity index (χ0) is 10.5. The minimum atomic E-state index is 0.778. The molecule has 0 saturated heterocycles. The maximum absolute atomic E-state index is 4.78. The van der Waals surface area contributed by atoms with Gasteiger partial charge in [0.1, 0.15) is 9.55 Å². The summed E-state index contributed by atoms with van der Waals surface area (Å²) in [5.41, 5.74) is 0. The molecule has 0 unspecified atom stereocenters. The lowest BCUT2D eigenvalue weighted by molar-refractivity contribution is 1.72. The lowest BCUT2D eigenvalue weighted by atomic mass is 10.4. The van der Waals surface area contributed by atoms with Crippen LogP contribution >= 0.6 is 11.1 Å². The second-order valence-electron chi connectivity index (χ2n) is 2.31. The SMILES string of the molecule is [SiH3]Cl.c1ccccc1.c1ccccc1. The van der Waals surface area contributed by atoms with Crippen LogP contribution in [0.15, 0.2) is 72.8 Å². The molecule has 0 heterocycles. The van der Waals surface area contributed by atoms with E-state index in [2.05, 4.69) is 0 Å². The molecule has 0 N–H and O–H groups in total. The average molecular weight is 223 g/mol. The van der Waals surface area contributed by atoms with Gasteiger partial charge in [-0.25, -0.2) is 0 Å². The van der Waals surface area contributed by atoms with Gasteiger partial charge in [-0.1, -0.05) is 72.8 Å². The Balaban J connectivity index is 0.000000206. The number of halogens is 1. The zero-order valence-electron chi connectivity index (χ0n) is 8.31. The first-order chi connectivity index (χ1) is 7.00. The molecule has 0 bridgehead atoms. The van der Waals surface area contributed by atoms with Gasteiger partial charge >= 0.3 is 0 Å². The summed E-state index contributed by atoms with van der Waals surface area (Å²) in [6.45, 7) is 0. The number of rotatable bonds is 0. The summed E-state index contributed by atoms with van der Waals surface area (Å²) < 4.78 is 0. The van der Waals surface area contributed by atoms with Gasteiger partial charge in [0.15, 0.2) is 0 Å². The zero-order valence-corrected chi connectivity index (χ0v) is 11.1. The van der Waals surface area contributed by atoms with E-state index in [0.29, 0.717) is 0 Å². The number of hydrogen-bond donors (Lipinski definition) is 0. The molecule has 0 fully saturated rings. The molecule has 0 aliphatic carbocycles. The van der Waals surface area contributed by atoms with Crippen LogP contribution in [0.1, 0.15) is 0 Å². The molecule has 0 radical (unpaired) electrons. The molecule has 0 aliphatic rings. The third-order valence-corrected chi connectivity index (χ3v) is 1.33. The van der Waals surface area contributed by atoms with Gasteiger partial charge in [0, 0.05) is 0 Å². The van der Waals surface area contributed by atoms with E-state index in [4.69, 9.17) is 11.1 Å². The summed E-state index contributed by atoms with van der Waals surface area (Å²) in [6, 6.07) is 24.0. The van der Waals surface area contributed by atoms with Crippen molar-refractivity contribution in [3.8, 4) is 0 Å². The van der Waals surface area contributed by atoms with Crippen LogP contribution in [0.4, 0.5) is 0 Å². The van der Waals surface area contributed by atoms with E-state index < -0.39 is 0 Å². The molecule has 0 spiro atoms. The summed E-state index contributed by atoms with van der Waals surface area (Å²) in [4.78, 5) is 0. The van der Waals surface area contributed by atoms with Crippen LogP contribution in [0.25, 0.3) is 0 Å². The van der Waals surface area contributed by atoms with E-state index in [1.54, 1.807) is 0 Å². The molecule has 2 heteroatoms. The van der Waals surface area contributed by atoms with Crippen molar-refractivity contribution in [1.29, 1.82) is 0 Å². The fourth-order valence-corrected chi connectivity index (χ4v) is 0.770. The summed E-state index contributed by atoms with van der Waals surface area (Å²) in [6.07, 6.45) is 0. The highest BCUT2D eigenvalue weighted by Crippen LogP contribution is 1.80. The van der Waals surface area contributed by atoms with Crippen LogP contribution in [0.5, 0.6) is 0 Å². The Morgan fingerprint density at radius 3 is 0.500 bits per heavy atom. The molecule has 0 amide bonds. The quantitative estimate of drug-likeness (QED) is 0.475. The number of benzene rings is 2. The second-order valence-corrected chi connectivity index (χ2v) is 2.31. The molecule has 14 heavy (non-hydrogen) atoms. The minimum Gasteiger partial charge on any atom is -0.181 e. The predicted molar refractivity (Wildman–Crippen MR) is 68.7 cm³/mol.